The molecular weight excluding hydrogens is 406 g/mol. The normalized spacial score (nSPS) is 16.3. The van der Waals surface area contributed by atoms with Gasteiger partial charge in [0.2, 0.25) is 5.91 Å². The third-order valence-corrected chi connectivity index (χ3v) is 6.45. The second-order valence-corrected chi connectivity index (χ2v) is 8.39. The molecule has 2 rings (SSSR count). The number of hydrogen-bond acceptors (Lipinski definition) is 6. The number of halogens is 3. The first kappa shape index (κ1) is 23.4. The third kappa shape index (κ3) is 5.43. The second-order valence-electron chi connectivity index (χ2n) is 6.06. The van der Waals surface area contributed by atoms with Crippen molar-refractivity contribution in [1.82, 2.24) is 10.6 Å². The molecular formula is C16H23ClF2N2O5S. The molecule has 11 heteroatoms. The van der Waals surface area contributed by atoms with E-state index in [2.05, 4.69) is 15.4 Å². The molecule has 0 unspecified atom stereocenters. The van der Waals surface area contributed by atoms with E-state index in [9.17, 15) is 22.0 Å². The lowest BCUT2D eigenvalue weighted by Gasteiger charge is -2.34. The standard InChI is InChI=1S/C16H22F2N2O5S.ClH/c1-24-12-4-3-11(9-13(12)25-15(17)18)10-20-14(21)16(26(2,22)23)5-7-19-8-6-16;/h3-4,9,15,19H,5-8,10H2,1-2H3,(H,20,21);1H. The summed E-state index contributed by atoms with van der Waals surface area (Å²) in [6.45, 7) is -2.19. The Kier molecular flexibility index (Phi) is 8.24. The van der Waals surface area contributed by atoms with Crippen molar-refractivity contribution in [3.8, 4) is 11.5 Å². The van der Waals surface area contributed by atoms with Gasteiger partial charge in [0, 0.05) is 12.8 Å². The molecule has 0 atom stereocenters. The Morgan fingerprint density at radius 1 is 1.30 bits per heavy atom. The zero-order valence-electron chi connectivity index (χ0n) is 15.0. The summed E-state index contributed by atoms with van der Waals surface area (Å²) < 4.78 is 57.3. The topological polar surface area (TPSA) is 93.7 Å². The van der Waals surface area contributed by atoms with Crippen LogP contribution in [0.5, 0.6) is 11.5 Å². The molecule has 1 fully saturated rings. The van der Waals surface area contributed by atoms with Gasteiger partial charge in [-0.05, 0) is 43.6 Å². The summed E-state index contributed by atoms with van der Waals surface area (Å²) in [6, 6.07) is 4.34. The molecule has 0 spiro atoms. The maximum absolute atomic E-state index is 12.6. The minimum atomic E-state index is -3.62. The molecule has 7 nitrogen and oxygen atoms in total. The predicted octanol–water partition coefficient (Wildman–Crippen LogP) is 1.50. The first-order valence-electron chi connectivity index (χ1n) is 8.00. The van der Waals surface area contributed by atoms with Gasteiger partial charge < -0.3 is 20.1 Å². The zero-order chi connectivity index (χ0) is 19.4. The van der Waals surface area contributed by atoms with Crippen LogP contribution in [0.4, 0.5) is 8.78 Å². The Morgan fingerprint density at radius 2 is 1.93 bits per heavy atom. The molecule has 0 saturated carbocycles. The van der Waals surface area contributed by atoms with E-state index in [0.29, 0.717) is 18.7 Å². The smallest absolute Gasteiger partial charge is 0.387 e. The fourth-order valence-corrected chi connectivity index (χ4v) is 4.31. The molecule has 2 N–H and O–H groups in total. The molecule has 1 amide bonds. The van der Waals surface area contributed by atoms with Crippen LogP contribution in [0.2, 0.25) is 0 Å². The van der Waals surface area contributed by atoms with Crippen molar-refractivity contribution in [2.24, 2.45) is 0 Å². The van der Waals surface area contributed by atoms with Gasteiger partial charge >= 0.3 is 6.61 Å². The molecule has 0 aromatic heterocycles. The Labute approximate surface area is 163 Å². The second kappa shape index (κ2) is 9.52. The van der Waals surface area contributed by atoms with Crippen LogP contribution >= 0.6 is 12.4 Å². The average Bonchev–Trinajstić information content (AvgIpc) is 2.59. The highest BCUT2D eigenvalue weighted by Gasteiger charge is 2.48. The first-order chi connectivity index (χ1) is 12.2. The number of sulfone groups is 1. The van der Waals surface area contributed by atoms with Gasteiger partial charge in [0.25, 0.3) is 0 Å². The third-order valence-electron chi connectivity index (χ3n) is 4.43. The number of carbonyl (C=O) groups excluding carboxylic acids is 1. The SMILES string of the molecule is COc1ccc(CNC(=O)C2(S(C)(=O)=O)CCNCC2)cc1OC(F)F.Cl. The number of rotatable bonds is 7. The molecule has 27 heavy (non-hydrogen) atoms. The van der Waals surface area contributed by atoms with Crippen molar-refractivity contribution < 1.29 is 31.5 Å². The Balaban J connectivity index is 0.00000364. The summed E-state index contributed by atoms with van der Waals surface area (Å²) in [6.07, 6.45) is 1.42. The maximum atomic E-state index is 12.6. The average molecular weight is 429 g/mol. The Bertz CT molecular complexity index is 755. The summed E-state index contributed by atoms with van der Waals surface area (Å²) in [7, 11) is -2.30. The maximum Gasteiger partial charge on any atom is 0.387 e. The molecule has 0 bridgehead atoms. The van der Waals surface area contributed by atoms with Crippen LogP contribution in [0.3, 0.4) is 0 Å². The number of benzene rings is 1. The monoisotopic (exact) mass is 428 g/mol. The van der Waals surface area contributed by atoms with E-state index < -0.39 is 27.1 Å². The van der Waals surface area contributed by atoms with E-state index in [1.165, 1.54) is 19.2 Å². The molecule has 1 aliphatic rings. The molecule has 1 aromatic carbocycles. The van der Waals surface area contributed by atoms with Crippen LogP contribution < -0.4 is 20.1 Å². The van der Waals surface area contributed by atoms with Crippen molar-refractivity contribution in [2.45, 2.75) is 30.7 Å². The summed E-state index contributed by atoms with van der Waals surface area (Å²) >= 11 is 0. The van der Waals surface area contributed by atoms with Crippen LogP contribution in [0, 0.1) is 0 Å². The van der Waals surface area contributed by atoms with Gasteiger partial charge in [-0.15, -0.1) is 12.4 Å². The number of amides is 1. The lowest BCUT2D eigenvalue weighted by molar-refractivity contribution is -0.124. The largest absolute Gasteiger partial charge is 0.493 e. The first-order valence-corrected chi connectivity index (χ1v) is 9.89. The summed E-state index contributed by atoms with van der Waals surface area (Å²) in [5, 5.41) is 5.64. The molecule has 1 aliphatic heterocycles. The van der Waals surface area contributed by atoms with Gasteiger partial charge in [-0.25, -0.2) is 8.42 Å². The quantitative estimate of drug-likeness (QED) is 0.683. The van der Waals surface area contributed by atoms with E-state index in [1.54, 1.807) is 6.07 Å². The van der Waals surface area contributed by atoms with Gasteiger partial charge in [0.05, 0.1) is 7.11 Å². The van der Waals surface area contributed by atoms with Crippen LogP contribution in [0.1, 0.15) is 18.4 Å². The van der Waals surface area contributed by atoms with Crippen LogP contribution in [0.25, 0.3) is 0 Å². The Morgan fingerprint density at radius 3 is 2.44 bits per heavy atom. The van der Waals surface area contributed by atoms with Gasteiger partial charge in [-0.1, -0.05) is 6.07 Å². The van der Waals surface area contributed by atoms with Crippen LogP contribution in [0.15, 0.2) is 18.2 Å². The highest BCUT2D eigenvalue weighted by Crippen LogP contribution is 2.30. The van der Waals surface area contributed by atoms with Crippen molar-refractivity contribution in [3.05, 3.63) is 23.8 Å². The van der Waals surface area contributed by atoms with Crippen LogP contribution in [-0.4, -0.2) is 52.1 Å². The minimum Gasteiger partial charge on any atom is -0.493 e. The van der Waals surface area contributed by atoms with Gasteiger partial charge in [0.1, 0.15) is 0 Å². The summed E-state index contributed by atoms with van der Waals surface area (Å²) in [5.74, 6) is -0.617. The molecule has 1 aromatic rings. The number of methoxy groups -OCH3 is 1. The van der Waals surface area contributed by atoms with Gasteiger partial charge in [-0.2, -0.15) is 8.78 Å². The molecule has 0 radical (unpaired) electrons. The molecule has 1 saturated heterocycles. The van der Waals surface area contributed by atoms with Crippen molar-refractivity contribution in [1.29, 1.82) is 0 Å². The van der Waals surface area contributed by atoms with Crippen LogP contribution in [-0.2, 0) is 21.2 Å². The fourth-order valence-electron chi connectivity index (χ4n) is 2.96. The van der Waals surface area contributed by atoms with E-state index in [0.717, 1.165) is 6.26 Å². The van der Waals surface area contributed by atoms with E-state index >= 15 is 0 Å². The molecule has 1 heterocycles. The highest BCUT2D eigenvalue weighted by atomic mass is 35.5. The zero-order valence-corrected chi connectivity index (χ0v) is 16.6. The minimum absolute atomic E-state index is 0. The van der Waals surface area contributed by atoms with E-state index in [-0.39, 0.29) is 43.3 Å². The van der Waals surface area contributed by atoms with Crippen molar-refractivity contribution in [3.63, 3.8) is 0 Å². The highest BCUT2D eigenvalue weighted by molar-refractivity contribution is 7.92. The lowest BCUT2D eigenvalue weighted by atomic mass is 9.95. The lowest BCUT2D eigenvalue weighted by Crippen LogP contribution is -2.57. The summed E-state index contributed by atoms with van der Waals surface area (Å²) in [5.41, 5.74) is 0.479. The number of ether oxygens (including phenoxy) is 2. The van der Waals surface area contributed by atoms with Crippen molar-refractivity contribution >= 4 is 28.2 Å². The predicted molar refractivity (Wildman–Crippen MR) is 98.4 cm³/mol. The van der Waals surface area contributed by atoms with Gasteiger partial charge in [-0.3, -0.25) is 4.79 Å². The molecule has 154 valence electrons. The van der Waals surface area contributed by atoms with E-state index in [1.807, 2.05) is 0 Å². The number of piperidine rings is 1. The number of carbonyl (C=O) groups is 1. The number of hydrogen-bond donors (Lipinski definition) is 2. The number of alkyl halides is 2. The Hall–Kier alpha value is -1.65. The van der Waals surface area contributed by atoms with E-state index in [4.69, 9.17) is 4.74 Å². The molecule has 0 aliphatic carbocycles. The fraction of sp³-hybridized carbons (Fsp3) is 0.562. The number of nitrogens with one attached hydrogen (secondary N) is 2. The van der Waals surface area contributed by atoms with Gasteiger partial charge in [0.15, 0.2) is 26.1 Å². The summed E-state index contributed by atoms with van der Waals surface area (Å²) in [4.78, 5) is 12.6. The van der Waals surface area contributed by atoms with Crippen molar-refractivity contribution in [2.75, 3.05) is 26.5 Å².